The van der Waals surface area contributed by atoms with Gasteiger partial charge in [-0.3, -0.25) is 9.48 Å². The quantitative estimate of drug-likeness (QED) is 0.886. The minimum absolute atomic E-state index is 0.0223. The summed E-state index contributed by atoms with van der Waals surface area (Å²) in [5.74, 6) is -0.0223. The predicted octanol–water partition coefficient (Wildman–Crippen LogP) is 2.16. The average Bonchev–Trinajstić information content (AvgIpc) is 2.84. The van der Waals surface area contributed by atoms with Crippen molar-refractivity contribution in [1.29, 1.82) is 0 Å². The molecule has 1 aromatic carbocycles. The van der Waals surface area contributed by atoms with Gasteiger partial charge in [0.1, 0.15) is 0 Å². The van der Waals surface area contributed by atoms with E-state index in [2.05, 4.69) is 18.9 Å². The Hall–Kier alpha value is -1.88. The van der Waals surface area contributed by atoms with E-state index in [0.717, 1.165) is 23.7 Å². The second-order valence-electron chi connectivity index (χ2n) is 5.25. The number of carbonyl (C=O) groups excluding carboxylic acids is 1. The lowest BCUT2D eigenvalue weighted by atomic mass is 10.1. The molecule has 0 atom stereocenters. The topological polar surface area (TPSA) is 64.2 Å². The van der Waals surface area contributed by atoms with Crippen LogP contribution in [0.1, 0.15) is 37.2 Å². The summed E-state index contributed by atoms with van der Waals surface area (Å²) in [6.45, 7) is 5.23. The maximum absolute atomic E-state index is 12.9. The average molecular weight is 288 g/mol. The first-order chi connectivity index (χ1) is 10.1. The van der Waals surface area contributed by atoms with E-state index in [1.165, 1.54) is 0 Å². The Balaban J connectivity index is 2.43. The lowest BCUT2D eigenvalue weighted by Gasteiger charge is -2.29. The van der Waals surface area contributed by atoms with Crippen LogP contribution in [0.15, 0.2) is 24.3 Å². The second-order valence-corrected chi connectivity index (χ2v) is 5.25. The largest absolute Gasteiger partial charge is 0.333 e. The maximum Gasteiger partial charge on any atom is 0.275 e. The first kappa shape index (κ1) is 15.5. The summed E-state index contributed by atoms with van der Waals surface area (Å²) in [5.41, 5.74) is 7.18. The first-order valence-electron chi connectivity index (χ1n) is 7.56. The van der Waals surface area contributed by atoms with Gasteiger partial charge in [-0.15, -0.1) is 0 Å². The van der Waals surface area contributed by atoms with E-state index < -0.39 is 0 Å². The fourth-order valence-corrected chi connectivity index (χ4v) is 2.83. The molecule has 0 saturated heterocycles. The van der Waals surface area contributed by atoms with Gasteiger partial charge < -0.3 is 10.6 Å². The fraction of sp³-hybridized carbons (Fsp3) is 0.500. The van der Waals surface area contributed by atoms with Gasteiger partial charge in [0.15, 0.2) is 5.69 Å². The maximum atomic E-state index is 12.9. The molecule has 0 unspecified atom stereocenters. The molecule has 2 rings (SSSR count). The van der Waals surface area contributed by atoms with Crippen molar-refractivity contribution in [3.63, 3.8) is 0 Å². The van der Waals surface area contributed by atoms with Gasteiger partial charge >= 0.3 is 0 Å². The SMILES string of the molecule is CCC(CC)N(CCN)C(=O)c1nn(C)c2ccccc12. The van der Waals surface area contributed by atoms with Gasteiger partial charge in [0.2, 0.25) is 0 Å². The Labute approximate surface area is 125 Å². The van der Waals surface area contributed by atoms with Crippen LogP contribution in [0.25, 0.3) is 10.9 Å². The highest BCUT2D eigenvalue weighted by Crippen LogP contribution is 2.21. The number of hydrogen-bond donors (Lipinski definition) is 1. The molecule has 1 heterocycles. The molecule has 0 fully saturated rings. The van der Waals surface area contributed by atoms with Crippen molar-refractivity contribution in [1.82, 2.24) is 14.7 Å². The Morgan fingerprint density at radius 3 is 2.62 bits per heavy atom. The number of nitrogens with two attached hydrogens (primary N) is 1. The molecular formula is C16H24N4O. The number of benzene rings is 1. The number of aromatic nitrogens is 2. The molecule has 0 aliphatic heterocycles. The van der Waals surface area contributed by atoms with Gasteiger partial charge in [-0.05, 0) is 18.9 Å². The van der Waals surface area contributed by atoms with Crippen LogP contribution in [0.5, 0.6) is 0 Å². The molecule has 5 heteroatoms. The van der Waals surface area contributed by atoms with Crippen LogP contribution in [-0.2, 0) is 7.05 Å². The lowest BCUT2D eigenvalue weighted by molar-refractivity contribution is 0.0669. The van der Waals surface area contributed by atoms with Crippen molar-refractivity contribution in [3.05, 3.63) is 30.0 Å². The number of hydrogen-bond acceptors (Lipinski definition) is 3. The van der Waals surface area contributed by atoms with Crippen LogP contribution >= 0.6 is 0 Å². The molecular weight excluding hydrogens is 264 g/mol. The highest BCUT2D eigenvalue weighted by atomic mass is 16.2. The molecule has 0 radical (unpaired) electrons. The molecule has 21 heavy (non-hydrogen) atoms. The summed E-state index contributed by atoms with van der Waals surface area (Å²) in [6.07, 6.45) is 1.85. The van der Waals surface area contributed by atoms with Gasteiger partial charge in [0.25, 0.3) is 5.91 Å². The van der Waals surface area contributed by atoms with Gasteiger partial charge in [0.05, 0.1) is 5.52 Å². The molecule has 0 bridgehead atoms. The molecule has 2 aromatic rings. The molecule has 2 N–H and O–H groups in total. The van der Waals surface area contributed by atoms with E-state index in [9.17, 15) is 4.79 Å². The van der Waals surface area contributed by atoms with Crippen molar-refractivity contribution < 1.29 is 4.79 Å². The van der Waals surface area contributed by atoms with Crippen LogP contribution in [-0.4, -0.2) is 39.7 Å². The third kappa shape index (κ3) is 2.93. The van der Waals surface area contributed by atoms with E-state index in [1.54, 1.807) is 4.68 Å². The van der Waals surface area contributed by atoms with Crippen LogP contribution in [0, 0.1) is 0 Å². The Kier molecular flexibility index (Phi) is 4.96. The molecule has 0 spiro atoms. The zero-order valence-corrected chi connectivity index (χ0v) is 13.0. The van der Waals surface area contributed by atoms with E-state index in [-0.39, 0.29) is 11.9 Å². The van der Waals surface area contributed by atoms with Crippen molar-refractivity contribution in [3.8, 4) is 0 Å². The van der Waals surface area contributed by atoms with Crippen molar-refractivity contribution in [2.24, 2.45) is 12.8 Å². The van der Waals surface area contributed by atoms with Gasteiger partial charge in [-0.1, -0.05) is 32.0 Å². The predicted molar refractivity (Wildman–Crippen MR) is 85.2 cm³/mol. The van der Waals surface area contributed by atoms with Gasteiger partial charge in [0, 0.05) is 31.6 Å². The van der Waals surface area contributed by atoms with Crippen LogP contribution in [0.3, 0.4) is 0 Å². The lowest BCUT2D eigenvalue weighted by Crippen LogP contribution is -2.43. The molecule has 1 amide bonds. The molecule has 1 aromatic heterocycles. The fourth-order valence-electron chi connectivity index (χ4n) is 2.83. The van der Waals surface area contributed by atoms with E-state index >= 15 is 0 Å². The van der Waals surface area contributed by atoms with E-state index in [0.29, 0.717) is 18.8 Å². The summed E-state index contributed by atoms with van der Waals surface area (Å²) >= 11 is 0. The first-order valence-corrected chi connectivity index (χ1v) is 7.56. The van der Waals surface area contributed by atoms with Crippen molar-refractivity contribution >= 4 is 16.8 Å². The number of nitrogens with zero attached hydrogens (tertiary/aromatic N) is 3. The van der Waals surface area contributed by atoms with Crippen LogP contribution in [0.2, 0.25) is 0 Å². The zero-order chi connectivity index (χ0) is 15.4. The molecule has 0 aliphatic carbocycles. The Morgan fingerprint density at radius 1 is 1.33 bits per heavy atom. The van der Waals surface area contributed by atoms with Crippen LogP contribution in [0.4, 0.5) is 0 Å². The number of para-hydroxylation sites is 1. The standard InChI is InChI=1S/C16H24N4O/c1-4-12(5-2)20(11-10-17)16(21)15-13-8-6-7-9-14(13)19(3)18-15/h6-9,12H,4-5,10-11,17H2,1-3H3. The van der Waals surface area contributed by atoms with Crippen LogP contribution < -0.4 is 5.73 Å². The summed E-state index contributed by atoms with van der Waals surface area (Å²) in [4.78, 5) is 14.8. The number of rotatable bonds is 6. The highest BCUT2D eigenvalue weighted by molar-refractivity contribution is 6.04. The van der Waals surface area contributed by atoms with E-state index in [4.69, 9.17) is 5.73 Å². The van der Waals surface area contributed by atoms with E-state index in [1.807, 2.05) is 36.2 Å². The number of carbonyl (C=O) groups is 1. The summed E-state index contributed by atoms with van der Waals surface area (Å²) in [5, 5.41) is 5.33. The minimum Gasteiger partial charge on any atom is -0.333 e. The smallest absolute Gasteiger partial charge is 0.275 e. The zero-order valence-electron chi connectivity index (χ0n) is 13.0. The second kappa shape index (κ2) is 6.72. The number of fused-ring (bicyclic) bond motifs is 1. The summed E-state index contributed by atoms with van der Waals surface area (Å²) in [6, 6.07) is 8.02. The third-order valence-corrected chi connectivity index (χ3v) is 3.97. The molecule has 5 nitrogen and oxygen atoms in total. The van der Waals surface area contributed by atoms with Crippen molar-refractivity contribution in [2.45, 2.75) is 32.7 Å². The summed E-state index contributed by atoms with van der Waals surface area (Å²) < 4.78 is 1.76. The minimum atomic E-state index is -0.0223. The number of amides is 1. The number of aryl methyl sites for hydroxylation is 1. The molecule has 114 valence electrons. The summed E-state index contributed by atoms with van der Waals surface area (Å²) in [7, 11) is 1.86. The van der Waals surface area contributed by atoms with Gasteiger partial charge in [-0.25, -0.2) is 0 Å². The normalized spacial score (nSPS) is 11.3. The Bertz CT molecular complexity index is 616. The molecule has 0 aliphatic rings. The van der Waals surface area contributed by atoms with Gasteiger partial charge in [-0.2, -0.15) is 5.10 Å². The Morgan fingerprint density at radius 2 is 2.00 bits per heavy atom. The highest BCUT2D eigenvalue weighted by Gasteiger charge is 2.25. The van der Waals surface area contributed by atoms with Crippen molar-refractivity contribution in [2.75, 3.05) is 13.1 Å². The molecule has 0 saturated carbocycles. The monoisotopic (exact) mass is 288 g/mol. The third-order valence-electron chi connectivity index (χ3n) is 3.97.